The smallest absolute Gasteiger partial charge is 0.328 e. The zero-order valence-corrected chi connectivity index (χ0v) is 11.2. The fraction of sp³-hybridized carbons (Fsp3) is 0.500. The van der Waals surface area contributed by atoms with Crippen molar-refractivity contribution in [2.45, 2.75) is 46.3 Å². The lowest BCUT2D eigenvalue weighted by molar-refractivity contribution is -0.156. The molecule has 0 saturated carbocycles. The first kappa shape index (κ1) is 13.7. The number of hydrogen-bond acceptors (Lipinski definition) is 3. The lowest BCUT2D eigenvalue weighted by Crippen LogP contribution is -2.31. The van der Waals surface area contributed by atoms with Gasteiger partial charge in [-0.2, -0.15) is 0 Å². The Morgan fingerprint density at radius 3 is 2.06 bits per heavy atom. The van der Waals surface area contributed by atoms with Crippen molar-refractivity contribution in [2.75, 3.05) is 0 Å². The molecule has 0 amide bonds. The van der Waals surface area contributed by atoms with Crippen LogP contribution in [0.5, 0.6) is 0 Å². The van der Waals surface area contributed by atoms with Gasteiger partial charge >= 0.3 is 5.97 Å². The summed E-state index contributed by atoms with van der Waals surface area (Å²) >= 11 is 0. The van der Waals surface area contributed by atoms with Crippen LogP contribution in [-0.4, -0.2) is 11.6 Å². The highest BCUT2D eigenvalue weighted by Gasteiger charge is 2.23. The Kier molecular flexibility index (Phi) is 3.94. The highest BCUT2D eigenvalue weighted by atomic mass is 16.6. The molecule has 0 fully saturated rings. The third-order valence-electron chi connectivity index (χ3n) is 2.26. The van der Waals surface area contributed by atoms with Crippen molar-refractivity contribution in [1.29, 1.82) is 0 Å². The van der Waals surface area contributed by atoms with Gasteiger partial charge in [0, 0.05) is 0 Å². The van der Waals surface area contributed by atoms with E-state index in [4.69, 9.17) is 10.5 Å². The molecule has 2 N–H and O–H groups in total. The van der Waals surface area contributed by atoms with Gasteiger partial charge in [0.25, 0.3) is 0 Å². The average molecular weight is 235 g/mol. The molecule has 1 aromatic carbocycles. The summed E-state index contributed by atoms with van der Waals surface area (Å²) in [4.78, 5) is 11.8. The molecule has 17 heavy (non-hydrogen) atoms. The van der Waals surface area contributed by atoms with Crippen molar-refractivity contribution in [3.05, 3.63) is 34.9 Å². The maximum absolute atomic E-state index is 11.8. The van der Waals surface area contributed by atoms with Gasteiger partial charge in [-0.15, -0.1) is 0 Å². The summed E-state index contributed by atoms with van der Waals surface area (Å²) in [6, 6.07) is 5.17. The maximum Gasteiger partial charge on any atom is 0.328 e. The molecule has 3 nitrogen and oxygen atoms in total. The molecule has 0 bridgehead atoms. The number of carbonyl (C=O) groups is 1. The maximum atomic E-state index is 11.8. The summed E-state index contributed by atoms with van der Waals surface area (Å²) in [5, 5.41) is 0. The van der Waals surface area contributed by atoms with Gasteiger partial charge in [-0.05, 0) is 40.2 Å². The minimum absolute atomic E-state index is 0.387. The number of hydrogen-bond donors (Lipinski definition) is 1. The van der Waals surface area contributed by atoms with E-state index in [0.29, 0.717) is 0 Å². The molecule has 1 atom stereocenters. The number of ether oxygens (including phenoxy) is 1. The largest absolute Gasteiger partial charge is 0.459 e. The molecule has 0 aliphatic carbocycles. The Hall–Kier alpha value is -1.35. The lowest BCUT2D eigenvalue weighted by Gasteiger charge is -2.22. The van der Waals surface area contributed by atoms with E-state index in [1.54, 1.807) is 0 Å². The van der Waals surface area contributed by atoms with Gasteiger partial charge in [-0.3, -0.25) is 0 Å². The summed E-state index contributed by atoms with van der Waals surface area (Å²) in [6.45, 7) is 9.47. The topological polar surface area (TPSA) is 52.3 Å². The molecule has 0 radical (unpaired) electrons. The standard InChI is InChI=1S/C14H21NO2/c1-9-6-10(2)8-11(7-9)12(15)13(16)17-14(3,4)5/h6-8,12H,15H2,1-5H3. The van der Waals surface area contributed by atoms with Gasteiger partial charge in [-0.1, -0.05) is 29.3 Å². The van der Waals surface area contributed by atoms with Crippen LogP contribution in [0, 0.1) is 13.8 Å². The molecular formula is C14H21NO2. The third kappa shape index (κ3) is 4.19. The van der Waals surface area contributed by atoms with Gasteiger partial charge in [0.2, 0.25) is 0 Å². The predicted octanol–water partition coefficient (Wildman–Crippen LogP) is 2.64. The van der Waals surface area contributed by atoms with Crippen molar-refractivity contribution in [2.24, 2.45) is 5.73 Å². The van der Waals surface area contributed by atoms with E-state index in [9.17, 15) is 4.79 Å². The zero-order valence-electron chi connectivity index (χ0n) is 11.2. The van der Waals surface area contributed by atoms with Crippen molar-refractivity contribution in [1.82, 2.24) is 0 Å². The molecule has 0 spiro atoms. The van der Waals surface area contributed by atoms with E-state index in [2.05, 4.69) is 0 Å². The van der Waals surface area contributed by atoms with Gasteiger partial charge in [0.1, 0.15) is 11.6 Å². The van der Waals surface area contributed by atoms with Crippen LogP contribution in [0.4, 0.5) is 0 Å². The fourth-order valence-corrected chi connectivity index (χ4v) is 1.69. The highest BCUT2D eigenvalue weighted by Crippen LogP contribution is 2.19. The molecule has 0 aromatic heterocycles. The molecule has 0 saturated heterocycles. The van der Waals surface area contributed by atoms with Gasteiger partial charge in [0.05, 0.1) is 0 Å². The molecule has 1 aromatic rings. The molecule has 0 aliphatic rings. The van der Waals surface area contributed by atoms with Gasteiger partial charge in [0.15, 0.2) is 0 Å². The van der Waals surface area contributed by atoms with Crippen molar-refractivity contribution < 1.29 is 9.53 Å². The predicted molar refractivity (Wildman–Crippen MR) is 68.7 cm³/mol. The molecule has 1 rings (SSSR count). The summed E-state index contributed by atoms with van der Waals surface area (Å²) in [5.41, 5.74) is 8.40. The SMILES string of the molecule is Cc1cc(C)cc(C(N)C(=O)OC(C)(C)C)c1. The van der Waals surface area contributed by atoms with E-state index >= 15 is 0 Å². The molecule has 94 valence electrons. The Morgan fingerprint density at radius 2 is 1.65 bits per heavy atom. The van der Waals surface area contributed by atoms with E-state index in [-0.39, 0.29) is 5.97 Å². The molecule has 0 aliphatic heterocycles. The molecule has 0 heterocycles. The van der Waals surface area contributed by atoms with Crippen LogP contribution < -0.4 is 5.73 Å². The molecule has 1 unspecified atom stereocenters. The number of nitrogens with two attached hydrogens (primary N) is 1. The van der Waals surface area contributed by atoms with Crippen LogP contribution >= 0.6 is 0 Å². The monoisotopic (exact) mass is 235 g/mol. The first-order valence-corrected chi connectivity index (χ1v) is 5.76. The van der Waals surface area contributed by atoms with Crippen LogP contribution in [0.15, 0.2) is 18.2 Å². The normalized spacial score (nSPS) is 13.3. The second-order valence-corrected chi connectivity index (χ2v) is 5.43. The Bertz CT molecular complexity index is 398. The van der Waals surface area contributed by atoms with Gasteiger partial charge in [-0.25, -0.2) is 4.79 Å². The molecular weight excluding hydrogens is 214 g/mol. The van der Waals surface area contributed by atoms with Crippen molar-refractivity contribution >= 4 is 5.97 Å². The Balaban J connectivity index is 2.89. The highest BCUT2D eigenvalue weighted by molar-refractivity contribution is 5.77. The van der Waals surface area contributed by atoms with Crippen LogP contribution in [0.25, 0.3) is 0 Å². The van der Waals surface area contributed by atoms with E-state index in [0.717, 1.165) is 16.7 Å². The van der Waals surface area contributed by atoms with Crippen molar-refractivity contribution in [3.63, 3.8) is 0 Å². The number of carbonyl (C=O) groups excluding carboxylic acids is 1. The van der Waals surface area contributed by atoms with Gasteiger partial charge < -0.3 is 10.5 Å². The number of benzene rings is 1. The van der Waals surface area contributed by atoms with Crippen LogP contribution in [0.1, 0.15) is 43.5 Å². The van der Waals surface area contributed by atoms with Crippen LogP contribution in [0.3, 0.4) is 0 Å². The minimum atomic E-state index is -0.715. The number of esters is 1. The summed E-state index contributed by atoms with van der Waals surface area (Å²) < 4.78 is 5.27. The minimum Gasteiger partial charge on any atom is -0.459 e. The van der Waals surface area contributed by atoms with E-state index in [1.807, 2.05) is 52.8 Å². The Morgan fingerprint density at radius 1 is 1.18 bits per heavy atom. The number of aryl methyl sites for hydroxylation is 2. The van der Waals surface area contributed by atoms with Crippen LogP contribution in [-0.2, 0) is 9.53 Å². The fourth-order valence-electron chi connectivity index (χ4n) is 1.69. The summed E-state index contributed by atoms with van der Waals surface area (Å²) in [5.74, 6) is -0.387. The van der Waals surface area contributed by atoms with E-state index in [1.165, 1.54) is 0 Å². The summed E-state index contributed by atoms with van der Waals surface area (Å²) in [7, 11) is 0. The third-order valence-corrected chi connectivity index (χ3v) is 2.26. The second kappa shape index (κ2) is 4.88. The quantitative estimate of drug-likeness (QED) is 0.802. The van der Waals surface area contributed by atoms with Crippen molar-refractivity contribution in [3.8, 4) is 0 Å². The lowest BCUT2D eigenvalue weighted by atomic mass is 10.0. The first-order valence-electron chi connectivity index (χ1n) is 5.76. The number of rotatable bonds is 2. The van der Waals surface area contributed by atoms with Crippen LogP contribution in [0.2, 0.25) is 0 Å². The first-order chi connectivity index (χ1) is 7.69. The van der Waals surface area contributed by atoms with E-state index < -0.39 is 11.6 Å². The average Bonchev–Trinajstić information content (AvgIpc) is 2.12. The summed E-state index contributed by atoms with van der Waals surface area (Å²) in [6.07, 6.45) is 0. The second-order valence-electron chi connectivity index (χ2n) is 5.43. The molecule has 3 heteroatoms. The Labute approximate surface area is 103 Å². The zero-order chi connectivity index (χ0) is 13.2.